The molecule has 0 bridgehead atoms. The van der Waals surface area contributed by atoms with E-state index in [0.717, 1.165) is 18.9 Å². The van der Waals surface area contributed by atoms with Gasteiger partial charge < -0.3 is 5.32 Å². The zero-order valence-electron chi connectivity index (χ0n) is 9.40. The molecule has 0 amide bonds. The Hall–Kier alpha value is -1.31. The lowest BCUT2D eigenvalue weighted by molar-refractivity contribution is 0.594. The van der Waals surface area contributed by atoms with Gasteiger partial charge in [0, 0.05) is 12.5 Å². The van der Waals surface area contributed by atoms with Crippen LogP contribution in [0.2, 0.25) is 0 Å². The Labute approximate surface area is 91.4 Å². The lowest BCUT2D eigenvalue weighted by Gasteiger charge is -2.21. The molecule has 1 aromatic rings. The van der Waals surface area contributed by atoms with Gasteiger partial charge in [-0.3, -0.25) is 4.99 Å². The molecule has 0 saturated heterocycles. The predicted molar refractivity (Wildman–Crippen MR) is 64.3 cm³/mol. The van der Waals surface area contributed by atoms with E-state index in [1.807, 2.05) is 0 Å². The highest BCUT2D eigenvalue weighted by atomic mass is 15.1. The monoisotopic (exact) mass is 202 g/mol. The first-order valence-electron chi connectivity index (χ1n) is 5.62. The molecule has 1 aliphatic rings. The van der Waals surface area contributed by atoms with Crippen LogP contribution >= 0.6 is 0 Å². The second kappa shape index (κ2) is 4.47. The summed E-state index contributed by atoms with van der Waals surface area (Å²) in [6.45, 7) is 6.41. The van der Waals surface area contributed by atoms with Gasteiger partial charge in [-0.25, -0.2) is 0 Å². The maximum Gasteiger partial charge on any atom is 0.104 e. The van der Waals surface area contributed by atoms with Gasteiger partial charge in [0.2, 0.25) is 0 Å². The van der Waals surface area contributed by atoms with Gasteiger partial charge in [-0.15, -0.1) is 0 Å². The van der Waals surface area contributed by atoms with Crippen molar-refractivity contribution >= 4 is 5.84 Å². The summed E-state index contributed by atoms with van der Waals surface area (Å²) in [7, 11) is 0. The molecule has 1 aliphatic heterocycles. The van der Waals surface area contributed by atoms with Crippen LogP contribution < -0.4 is 5.32 Å². The summed E-state index contributed by atoms with van der Waals surface area (Å²) in [5, 5.41) is 3.39. The van der Waals surface area contributed by atoms with E-state index in [0.29, 0.717) is 11.8 Å². The number of hydrogen-bond donors (Lipinski definition) is 1. The summed E-state index contributed by atoms with van der Waals surface area (Å²) in [4.78, 5) is 4.54. The zero-order valence-corrected chi connectivity index (χ0v) is 9.40. The Balaban J connectivity index is 2.28. The van der Waals surface area contributed by atoms with Gasteiger partial charge in [-0.05, 0) is 11.5 Å². The van der Waals surface area contributed by atoms with Crippen LogP contribution in [-0.2, 0) is 0 Å². The lowest BCUT2D eigenvalue weighted by atomic mass is 9.87. The summed E-state index contributed by atoms with van der Waals surface area (Å²) in [5.41, 5.74) is 1.36. The predicted octanol–water partition coefficient (Wildman–Crippen LogP) is 2.43. The summed E-state index contributed by atoms with van der Waals surface area (Å²) >= 11 is 0. The molecule has 1 aromatic carbocycles. The number of benzene rings is 1. The van der Waals surface area contributed by atoms with E-state index >= 15 is 0 Å². The molecule has 1 unspecified atom stereocenters. The van der Waals surface area contributed by atoms with Crippen molar-refractivity contribution in [1.29, 1.82) is 0 Å². The third kappa shape index (κ3) is 2.20. The molecule has 80 valence electrons. The fourth-order valence-corrected chi connectivity index (χ4v) is 2.14. The highest BCUT2D eigenvalue weighted by Gasteiger charge is 2.23. The molecule has 0 aromatic heterocycles. The maximum atomic E-state index is 4.54. The van der Waals surface area contributed by atoms with Gasteiger partial charge in [-0.2, -0.15) is 0 Å². The fourth-order valence-electron chi connectivity index (χ4n) is 2.14. The first-order chi connectivity index (χ1) is 7.29. The van der Waals surface area contributed by atoms with E-state index in [4.69, 9.17) is 0 Å². The third-order valence-electron chi connectivity index (χ3n) is 2.82. The third-order valence-corrected chi connectivity index (χ3v) is 2.82. The average molecular weight is 202 g/mol. The molecule has 0 fully saturated rings. The molecule has 0 spiro atoms. The Morgan fingerprint density at radius 1 is 1.20 bits per heavy atom. The number of nitrogens with zero attached hydrogens (tertiary/aromatic N) is 1. The number of rotatable bonds is 3. The highest BCUT2D eigenvalue weighted by molar-refractivity contribution is 5.90. The summed E-state index contributed by atoms with van der Waals surface area (Å²) in [6.07, 6.45) is 0. The highest BCUT2D eigenvalue weighted by Crippen LogP contribution is 2.25. The molecule has 2 nitrogen and oxygen atoms in total. The molecule has 1 N–H and O–H groups in total. The lowest BCUT2D eigenvalue weighted by Crippen LogP contribution is -2.28. The van der Waals surface area contributed by atoms with Crippen molar-refractivity contribution < 1.29 is 0 Å². The summed E-state index contributed by atoms with van der Waals surface area (Å²) in [6, 6.07) is 10.6. The van der Waals surface area contributed by atoms with E-state index in [2.05, 4.69) is 54.5 Å². The van der Waals surface area contributed by atoms with Gasteiger partial charge in [-0.1, -0.05) is 44.2 Å². The summed E-state index contributed by atoms with van der Waals surface area (Å²) in [5.74, 6) is 2.17. The van der Waals surface area contributed by atoms with Crippen LogP contribution in [0.3, 0.4) is 0 Å². The van der Waals surface area contributed by atoms with Crippen molar-refractivity contribution in [1.82, 2.24) is 5.32 Å². The Morgan fingerprint density at radius 2 is 1.93 bits per heavy atom. The number of aliphatic imine (C=N–C) groups is 1. The first kappa shape index (κ1) is 10.2. The van der Waals surface area contributed by atoms with E-state index in [1.54, 1.807) is 0 Å². The van der Waals surface area contributed by atoms with Crippen LogP contribution in [-0.4, -0.2) is 18.9 Å². The minimum Gasteiger partial charge on any atom is -0.371 e. The van der Waals surface area contributed by atoms with Crippen molar-refractivity contribution in [2.45, 2.75) is 19.8 Å². The Kier molecular flexibility index (Phi) is 3.05. The molecule has 2 heteroatoms. The van der Waals surface area contributed by atoms with Crippen molar-refractivity contribution in [3.8, 4) is 0 Å². The molecule has 1 atom stereocenters. The SMILES string of the molecule is CC(C)C(C1=NCCN1)c1ccccc1. The van der Waals surface area contributed by atoms with Crippen molar-refractivity contribution in [2.24, 2.45) is 10.9 Å². The van der Waals surface area contributed by atoms with Crippen LogP contribution in [0.4, 0.5) is 0 Å². The number of amidine groups is 1. The Morgan fingerprint density at radius 3 is 2.47 bits per heavy atom. The topological polar surface area (TPSA) is 24.4 Å². The normalized spacial score (nSPS) is 17.4. The van der Waals surface area contributed by atoms with E-state index in [-0.39, 0.29) is 0 Å². The van der Waals surface area contributed by atoms with E-state index < -0.39 is 0 Å². The van der Waals surface area contributed by atoms with E-state index in [9.17, 15) is 0 Å². The molecular weight excluding hydrogens is 184 g/mol. The molecular formula is C13H18N2. The molecule has 1 heterocycles. The zero-order chi connectivity index (χ0) is 10.7. The first-order valence-corrected chi connectivity index (χ1v) is 5.62. The van der Waals surface area contributed by atoms with Gasteiger partial charge in [0.1, 0.15) is 5.84 Å². The van der Waals surface area contributed by atoms with Crippen molar-refractivity contribution in [2.75, 3.05) is 13.1 Å². The molecule has 0 radical (unpaired) electrons. The molecule has 0 saturated carbocycles. The van der Waals surface area contributed by atoms with Crippen LogP contribution in [0.5, 0.6) is 0 Å². The van der Waals surface area contributed by atoms with Gasteiger partial charge in [0.25, 0.3) is 0 Å². The van der Waals surface area contributed by atoms with E-state index in [1.165, 1.54) is 5.56 Å². The second-order valence-corrected chi connectivity index (χ2v) is 4.33. The van der Waals surface area contributed by atoms with Gasteiger partial charge >= 0.3 is 0 Å². The summed E-state index contributed by atoms with van der Waals surface area (Å²) < 4.78 is 0. The second-order valence-electron chi connectivity index (χ2n) is 4.33. The Bertz CT molecular complexity index is 341. The van der Waals surface area contributed by atoms with Crippen molar-refractivity contribution in [3.05, 3.63) is 35.9 Å². The van der Waals surface area contributed by atoms with Crippen LogP contribution in [0.25, 0.3) is 0 Å². The average Bonchev–Trinajstić information content (AvgIpc) is 2.72. The molecule has 15 heavy (non-hydrogen) atoms. The molecule has 2 rings (SSSR count). The van der Waals surface area contributed by atoms with Crippen LogP contribution in [0, 0.1) is 5.92 Å². The minimum absolute atomic E-state index is 0.425. The fraction of sp³-hybridized carbons (Fsp3) is 0.462. The quantitative estimate of drug-likeness (QED) is 0.800. The number of hydrogen-bond acceptors (Lipinski definition) is 2. The minimum atomic E-state index is 0.425. The van der Waals surface area contributed by atoms with Crippen LogP contribution in [0.1, 0.15) is 25.3 Å². The maximum absolute atomic E-state index is 4.54. The standard InChI is InChI=1S/C13H18N2/c1-10(2)12(13-14-8-9-15-13)11-6-4-3-5-7-11/h3-7,10,12H,8-9H2,1-2H3,(H,14,15). The van der Waals surface area contributed by atoms with Crippen LogP contribution in [0.15, 0.2) is 35.3 Å². The smallest absolute Gasteiger partial charge is 0.104 e. The number of nitrogens with one attached hydrogen (secondary N) is 1. The molecule has 0 aliphatic carbocycles. The van der Waals surface area contributed by atoms with Crippen molar-refractivity contribution in [3.63, 3.8) is 0 Å². The van der Waals surface area contributed by atoms with Gasteiger partial charge in [0.15, 0.2) is 0 Å². The largest absolute Gasteiger partial charge is 0.371 e. The van der Waals surface area contributed by atoms with Gasteiger partial charge in [0.05, 0.1) is 6.54 Å².